The molecule has 0 unspecified atom stereocenters. The van der Waals surface area contributed by atoms with Crippen molar-refractivity contribution in [2.45, 2.75) is 30.8 Å². The number of thioether (sulfide) groups is 1. The highest BCUT2D eigenvalue weighted by atomic mass is 32.2. The van der Waals surface area contributed by atoms with E-state index in [4.69, 9.17) is 0 Å². The van der Waals surface area contributed by atoms with E-state index in [1.54, 1.807) is 12.4 Å². The van der Waals surface area contributed by atoms with Crippen LogP contribution in [0.2, 0.25) is 0 Å². The SMILES string of the molecule is Cn1c(SCCCN2CCC3(CC3)C2)nnc1-c1ccncc1. The zero-order valence-corrected chi connectivity index (χ0v) is 14.4. The Labute approximate surface area is 141 Å². The van der Waals surface area contributed by atoms with Crippen LogP contribution in [0.15, 0.2) is 29.7 Å². The van der Waals surface area contributed by atoms with Crippen molar-refractivity contribution in [1.29, 1.82) is 0 Å². The van der Waals surface area contributed by atoms with Crippen LogP contribution in [0.1, 0.15) is 25.7 Å². The molecule has 5 nitrogen and oxygen atoms in total. The third-order valence-electron chi connectivity index (χ3n) is 5.10. The minimum absolute atomic E-state index is 0.746. The average molecular weight is 329 g/mol. The van der Waals surface area contributed by atoms with E-state index in [0.717, 1.165) is 27.7 Å². The summed E-state index contributed by atoms with van der Waals surface area (Å²) in [5.41, 5.74) is 1.81. The highest BCUT2D eigenvalue weighted by Crippen LogP contribution is 2.52. The molecule has 1 aliphatic carbocycles. The lowest BCUT2D eigenvalue weighted by Gasteiger charge is -2.15. The quantitative estimate of drug-likeness (QED) is 0.602. The van der Waals surface area contributed by atoms with E-state index in [2.05, 4.69) is 24.6 Å². The highest BCUT2D eigenvalue weighted by Gasteiger charge is 2.47. The van der Waals surface area contributed by atoms with Gasteiger partial charge in [-0.3, -0.25) is 4.98 Å². The minimum atomic E-state index is 0.746. The van der Waals surface area contributed by atoms with Crippen LogP contribution in [0, 0.1) is 5.41 Å². The normalized spacial score (nSPS) is 19.5. The van der Waals surface area contributed by atoms with Gasteiger partial charge in [-0.15, -0.1) is 10.2 Å². The van der Waals surface area contributed by atoms with Gasteiger partial charge in [-0.25, -0.2) is 0 Å². The lowest BCUT2D eigenvalue weighted by atomic mass is 10.1. The molecule has 0 radical (unpaired) electrons. The van der Waals surface area contributed by atoms with Crippen molar-refractivity contribution in [3.05, 3.63) is 24.5 Å². The second-order valence-electron chi connectivity index (χ2n) is 6.83. The molecule has 122 valence electrons. The molecular formula is C17H23N5S. The van der Waals surface area contributed by atoms with Crippen LogP contribution in [-0.4, -0.2) is 50.0 Å². The molecule has 1 aliphatic heterocycles. The fraction of sp³-hybridized carbons (Fsp3) is 0.588. The summed E-state index contributed by atoms with van der Waals surface area (Å²) in [5, 5.41) is 9.66. The molecule has 0 amide bonds. The Kier molecular flexibility index (Phi) is 4.11. The molecule has 1 saturated carbocycles. The lowest BCUT2D eigenvalue weighted by molar-refractivity contribution is 0.321. The molecule has 0 bridgehead atoms. The number of likely N-dealkylation sites (tertiary alicyclic amines) is 1. The number of hydrogen-bond acceptors (Lipinski definition) is 5. The van der Waals surface area contributed by atoms with Crippen molar-refractivity contribution in [3.8, 4) is 11.4 Å². The van der Waals surface area contributed by atoms with Crippen molar-refractivity contribution in [3.63, 3.8) is 0 Å². The second kappa shape index (κ2) is 6.24. The molecule has 1 spiro atoms. The van der Waals surface area contributed by atoms with E-state index in [1.807, 2.05) is 30.9 Å². The third-order valence-corrected chi connectivity index (χ3v) is 6.20. The van der Waals surface area contributed by atoms with Crippen molar-refractivity contribution >= 4 is 11.8 Å². The largest absolute Gasteiger partial charge is 0.305 e. The topological polar surface area (TPSA) is 46.8 Å². The molecule has 23 heavy (non-hydrogen) atoms. The van der Waals surface area contributed by atoms with Crippen molar-refractivity contribution in [2.24, 2.45) is 12.5 Å². The maximum atomic E-state index is 4.34. The van der Waals surface area contributed by atoms with Crippen LogP contribution >= 0.6 is 11.8 Å². The number of nitrogens with zero attached hydrogens (tertiary/aromatic N) is 5. The zero-order chi connectivity index (χ0) is 15.7. The second-order valence-corrected chi connectivity index (χ2v) is 7.89. The Balaban J connectivity index is 1.27. The standard InChI is InChI=1S/C17H23N5S/c1-21-15(14-3-8-18-9-4-14)19-20-16(21)23-12-2-10-22-11-7-17(13-22)5-6-17/h3-4,8-9H,2,5-7,10-13H2,1H3. The molecule has 4 rings (SSSR count). The van der Waals surface area contributed by atoms with Gasteiger partial charge in [0.2, 0.25) is 0 Å². The van der Waals surface area contributed by atoms with E-state index in [0.29, 0.717) is 0 Å². The first-order valence-corrected chi connectivity index (χ1v) is 9.39. The van der Waals surface area contributed by atoms with Crippen LogP contribution in [0.3, 0.4) is 0 Å². The molecule has 1 saturated heterocycles. The fourth-order valence-corrected chi connectivity index (χ4v) is 4.28. The van der Waals surface area contributed by atoms with Crippen LogP contribution in [0.25, 0.3) is 11.4 Å². The van der Waals surface area contributed by atoms with Crippen molar-refractivity contribution in [1.82, 2.24) is 24.6 Å². The summed E-state index contributed by atoms with van der Waals surface area (Å²) in [6.45, 7) is 3.87. The van der Waals surface area contributed by atoms with Gasteiger partial charge in [0, 0.05) is 37.3 Å². The highest BCUT2D eigenvalue weighted by molar-refractivity contribution is 7.99. The smallest absolute Gasteiger partial charge is 0.191 e. The molecule has 2 fully saturated rings. The van der Waals surface area contributed by atoms with Crippen LogP contribution < -0.4 is 0 Å². The third kappa shape index (κ3) is 3.28. The van der Waals surface area contributed by atoms with Gasteiger partial charge in [0.05, 0.1) is 0 Å². The van der Waals surface area contributed by atoms with Gasteiger partial charge in [-0.1, -0.05) is 11.8 Å². The molecule has 0 N–H and O–H groups in total. The molecular weight excluding hydrogens is 306 g/mol. The van der Waals surface area contributed by atoms with E-state index in [-0.39, 0.29) is 0 Å². The lowest BCUT2D eigenvalue weighted by Crippen LogP contribution is -2.22. The van der Waals surface area contributed by atoms with Gasteiger partial charge in [-0.2, -0.15) is 0 Å². The maximum Gasteiger partial charge on any atom is 0.191 e. The predicted molar refractivity (Wildman–Crippen MR) is 92.3 cm³/mol. The first kappa shape index (κ1) is 15.1. The summed E-state index contributed by atoms with van der Waals surface area (Å²) in [5.74, 6) is 2.01. The summed E-state index contributed by atoms with van der Waals surface area (Å²) < 4.78 is 2.08. The average Bonchev–Trinajstić information content (AvgIpc) is 3.06. The van der Waals surface area contributed by atoms with Crippen LogP contribution in [0.4, 0.5) is 0 Å². The van der Waals surface area contributed by atoms with Gasteiger partial charge in [-0.05, 0) is 56.3 Å². The van der Waals surface area contributed by atoms with Gasteiger partial charge in [0.25, 0.3) is 0 Å². The fourth-order valence-electron chi connectivity index (χ4n) is 3.45. The van der Waals surface area contributed by atoms with E-state index in [1.165, 1.54) is 45.3 Å². The van der Waals surface area contributed by atoms with Crippen molar-refractivity contribution in [2.75, 3.05) is 25.4 Å². The first-order chi connectivity index (χ1) is 11.3. The van der Waals surface area contributed by atoms with E-state index < -0.39 is 0 Å². The van der Waals surface area contributed by atoms with Gasteiger partial charge in [0.1, 0.15) is 0 Å². The minimum Gasteiger partial charge on any atom is -0.305 e. The first-order valence-electron chi connectivity index (χ1n) is 8.41. The Bertz CT molecular complexity index is 665. The Morgan fingerprint density at radius 3 is 2.74 bits per heavy atom. The van der Waals surface area contributed by atoms with Crippen molar-refractivity contribution < 1.29 is 0 Å². The van der Waals surface area contributed by atoms with Crippen LogP contribution in [-0.2, 0) is 7.05 Å². The molecule has 6 heteroatoms. The Hall–Kier alpha value is -1.40. The molecule has 0 atom stereocenters. The number of aromatic nitrogens is 4. The monoisotopic (exact) mass is 329 g/mol. The maximum absolute atomic E-state index is 4.34. The summed E-state index contributed by atoms with van der Waals surface area (Å²) in [4.78, 5) is 6.70. The molecule has 3 heterocycles. The predicted octanol–water partition coefficient (Wildman–Crippen LogP) is 2.85. The summed E-state index contributed by atoms with van der Waals surface area (Å²) in [7, 11) is 2.04. The number of rotatable bonds is 6. The summed E-state index contributed by atoms with van der Waals surface area (Å²) in [6, 6.07) is 3.94. The van der Waals surface area contributed by atoms with E-state index >= 15 is 0 Å². The van der Waals surface area contributed by atoms with Gasteiger partial charge < -0.3 is 9.47 Å². The van der Waals surface area contributed by atoms with Crippen LogP contribution in [0.5, 0.6) is 0 Å². The summed E-state index contributed by atoms with van der Waals surface area (Å²) >= 11 is 1.81. The molecule has 0 aromatic carbocycles. The van der Waals surface area contributed by atoms with Gasteiger partial charge >= 0.3 is 0 Å². The zero-order valence-electron chi connectivity index (χ0n) is 13.6. The Morgan fingerprint density at radius 2 is 2.00 bits per heavy atom. The molecule has 2 aromatic heterocycles. The number of pyridine rings is 1. The molecule has 2 aromatic rings. The Morgan fingerprint density at radius 1 is 1.17 bits per heavy atom. The van der Waals surface area contributed by atoms with Gasteiger partial charge in [0.15, 0.2) is 11.0 Å². The van der Waals surface area contributed by atoms with E-state index in [9.17, 15) is 0 Å². The molecule has 2 aliphatic rings. The number of hydrogen-bond donors (Lipinski definition) is 0. The summed E-state index contributed by atoms with van der Waals surface area (Å²) in [6.07, 6.45) is 9.17.